The molecule has 0 spiro atoms. The monoisotopic (exact) mass is 126 g/mol. The molecular weight excluding hydrogens is 120 g/mol. The van der Waals surface area contributed by atoms with E-state index >= 15 is 0 Å². The van der Waals surface area contributed by atoms with Crippen molar-refractivity contribution in [1.29, 1.82) is 0 Å². The maximum atomic E-state index is 10.2. The van der Waals surface area contributed by atoms with Crippen LogP contribution in [0.1, 0.15) is 6.92 Å². The molecule has 0 saturated heterocycles. The molecule has 8 heavy (non-hydrogen) atoms. The highest BCUT2D eigenvalue weighted by Crippen LogP contribution is 1.87. The van der Waals surface area contributed by atoms with Crippen molar-refractivity contribution in [2.45, 2.75) is 6.92 Å². The summed E-state index contributed by atoms with van der Waals surface area (Å²) < 4.78 is 4.81. The second kappa shape index (κ2) is 2.04. The molecule has 2 nitrogen and oxygen atoms in total. The highest BCUT2D eigenvalue weighted by molar-refractivity contribution is 6.72. The SMILES string of the molecule is CC(=O)O[Si]1=CC=C1. The molecular formula is C5H6O2Si. The van der Waals surface area contributed by atoms with Gasteiger partial charge in [0.1, 0.15) is 0 Å². The second-order valence-electron chi connectivity index (χ2n) is 1.52. The zero-order chi connectivity index (χ0) is 5.98. The van der Waals surface area contributed by atoms with Crippen LogP contribution in [0.4, 0.5) is 0 Å². The summed E-state index contributed by atoms with van der Waals surface area (Å²) in [6.45, 7) is 1.43. The van der Waals surface area contributed by atoms with E-state index in [2.05, 4.69) is 0 Å². The summed E-state index contributed by atoms with van der Waals surface area (Å²) in [4.78, 5) is 10.2. The first-order valence-corrected chi connectivity index (χ1v) is 3.92. The maximum Gasteiger partial charge on any atom is 0.294 e. The summed E-state index contributed by atoms with van der Waals surface area (Å²) in [5.74, 6) is -0.181. The Labute approximate surface area is 49.1 Å². The van der Waals surface area contributed by atoms with Crippen molar-refractivity contribution in [2.75, 3.05) is 0 Å². The number of hydrogen-bond acceptors (Lipinski definition) is 2. The summed E-state index contributed by atoms with van der Waals surface area (Å²) in [6.07, 6.45) is 1.90. The molecule has 3 heteroatoms. The van der Waals surface area contributed by atoms with Gasteiger partial charge in [-0.2, -0.15) is 0 Å². The molecule has 0 aromatic rings. The molecule has 1 aliphatic heterocycles. The van der Waals surface area contributed by atoms with Crippen LogP contribution in [0.15, 0.2) is 11.8 Å². The molecule has 0 bridgehead atoms. The van der Waals surface area contributed by atoms with Crippen LogP contribution >= 0.6 is 0 Å². The Bertz CT molecular complexity index is 169. The van der Waals surface area contributed by atoms with Gasteiger partial charge in [0.25, 0.3) is 14.6 Å². The van der Waals surface area contributed by atoms with Crippen LogP contribution in [-0.2, 0) is 9.22 Å². The third-order valence-electron chi connectivity index (χ3n) is 0.783. The molecule has 1 heterocycles. The molecule has 0 radical (unpaired) electrons. The van der Waals surface area contributed by atoms with Gasteiger partial charge in [0, 0.05) is 6.92 Å². The van der Waals surface area contributed by atoms with Crippen molar-refractivity contribution in [3.8, 4) is 0 Å². The van der Waals surface area contributed by atoms with E-state index in [0.717, 1.165) is 0 Å². The summed E-state index contributed by atoms with van der Waals surface area (Å²) in [5.41, 5.74) is 3.85. The molecule has 0 amide bonds. The highest BCUT2D eigenvalue weighted by Gasteiger charge is 2.02. The van der Waals surface area contributed by atoms with E-state index in [1.807, 2.05) is 17.4 Å². The zero-order valence-electron chi connectivity index (χ0n) is 4.55. The first-order chi connectivity index (χ1) is 3.79. The molecule has 1 rings (SSSR count). The van der Waals surface area contributed by atoms with Crippen molar-refractivity contribution >= 4 is 20.3 Å². The van der Waals surface area contributed by atoms with Crippen LogP contribution in [0.3, 0.4) is 0 Å². The fraction of sp³-hybridized carbons (Fsp3) is 0.200. The average molecular weight is 126 g/mol. The third kappa shape index (κ3) is 1.13. The van der Waals surface area contributed by atoms with Crippen LogP contribution in [0.2, 0.25) is 0 Å². The Balaban J connectivity index is 2.31. The number of allylic oxidation sites excluding steroid dienone is 1. The number of carbonyl (C=O) groups excluding carboxylic acids is 1. The normalized spacial score (nSPS) is 14.4. The molecule has 1 aliphatic rings. The van der Waals surface area contributed by atoms with Crippen molar-refractivity contribution < 1.29 is 9.22 Å². The Kier molecular flexibility index (Phi) is 1.39. The average Bonchev–Trinajstić information content (AvgIpc) is 1.55. The summed E-state index contributed by atoms with van der Waals surface area (Å²) in [5, 5.41) is 0. The Morgan fingerprint density at radius 1 is 1.75 bits per heavy atom. The zero-order valence-corrected chi connectivity index (χ0v) is 5.55. The van der Waals surface area contributed by atoms with E-state index in [0.29, 0.717) is 0 Å². The number of rotatable bonds is 1. The Morgan fingerprint density at radius 3 is 2.50 bits per heavy atom. The van der Waals surface area contributed by atoms with Crippen LogP contribution in [0.5, 0.6) is 0 Å². The van der Waals surface area contributed by atoms with Crippen LogP contribution in [0.25, 0.3) is 0 Å². The smallest absolute Gasteiger partial charge is 0.294 e. The standard InChI is InChI=1S/C5H6O2Si/c1-5(6)7-8-3-2-4-8/h2-4H,1H3. The van der Waals surface area contributed by atoms with Gasteiger partial charge in [-0.15, -0.1) is 0 Å². The minimum absolute atomic E-state index is 0.181. The maximum absolute atomic E-state index is 10.2. The van der Waals surface area contributed by atoms with Crippen LogP contribution in [-0.4, -0.2) is 20.3 Å². The van der Waals surface area contributed by atoms with Gasteiger partial charge >= 0.3 is 0 Å². The van der Waals surface area contributed by atoms with Gasteiger partial charge < -0.3 is 4.43 Å². The largest absolute Gasteiger partial charge is 0.488 e. The molecule has 0 fully saturated rings. The summed E-state index contributed by atoms with van der Waals surface area (Å²) in [7, 11) is -0.903. The van der Waals surface area contributed by atoms with E-state index in [1.165, 1.54) is 6.92 Å². The topological polar surface area (TPSA) is 26.3 Å². The summed E-state index contributed by atoms with van der Waals surface area (Å²) >= 11 is 0. The molecule has 0 aromatic carbocycles. The van der Waals surface area contributed by atoms with Crippen molar-refractivity contribution in [1.82, 2.24) is 0 Å². The molecule has 0 atom stereocenters. The van der Waals surface area contributed by atoms with Crippen molar-refractivity contribution in [2.24, 2.45) is 0 Å². The predicted molar refractivity (Wildman–Crippen MR) is 32.7 cm³/mol. The van der Waals surface area contributed by atoms with E-state index in [1.54, 1.807) is 0 Å². The third-order valence-corrected chi connectivity index (χ3v) is 2.35. The van der Waals surface area contributed by atoms with E-state index in [4.69, 9.17) is 4.43 Å². The van der Waals surface area contributed by atoms with Crippen molar-refractivity contribution in [3.63, 3.8) is 0 Å². The van der Waals surface area contributed by atoms with Gasteiger partial charge in [0.05, 0.1) is 0 Å². The van der Waals surface area contributed by atoms with Gasteiger partial charge in [0.2, 0.25) is 0 Å². The van der Waals surface area contributed by atoms with Crippen molar-refractivity contribution in [3.05, 3.63) is 11.8 Å². The van der Waals surface area contributed by atoms with E-state index in [-0.39, 0.29) is 5.97 Å². The molecule has 0 aromatic heterocycles. The number of hydrogen-bond donors (Lipinski definition) is 0. The first kappa shape index (κ1) is 5.43. The lowest BCUT2D eigenvalue weighted by Gasteiger charge is -2.02. The lowest BCUT2D eigenvalue weighted by Crippen LogP contribution is -2.16. The van der Waals surface area contributed by atoms with E-state index < -0.39 is 8.65 Å². The fourth-order valence-electron chi connectivity index (χ4n) is 0.409. The van der Waals surface area contributed by atoms with Crippen LogP contribution < -0.4 is 0 Å². The second-order valence-corrected chi connectivity index (χ2v) is 3.20. The molecule has 0 unspecified atom stereocenters. The van der Waals surface area contributed by atoms with Gasteiger partial charge in [-0.05, 0) is 11.4 Å². The lowest BCUT2D eigenvalue weighted by atomic mass is 10.7. The van der Waals surface area contributed by atoms with E-state index in [9.17, 15) is 4.79 Å². The number of carbonyl (C=O) groups is 1. The molecule has 0 N–H and O–H groups in total. The predicted octanol–water partition coefficient (Wildman–Crippen LogP) is 0.0339. The minimum Gasteiger partial charge on any atom is -0.488 e. The summed E-state index contributed by atoms with van der Waals surface area (Å²) in [6, 6.07) is 0. The Hall–Kier alpha value is -0.703. The molecule has 42 valence electrons. The Morgan fingerprint density at radius 2 is 2.38 bits per heavy atom. The lowest BCUT2D eigenvalue weighted by molar-refractivity contribution is -0.131. The quantitative estimate of drug-likeness (QED) is 0.463. The van der Waals surface area contributed by atoms with Gasteiger partial charge in [-0.25, -0.2) is 0 Å². The van der Waals surface area contributed by atoms with Gasteiger partial charge in [-0.3, -0.25) is 4.79 Å². The van der Waals surface area contributed by atoms with Gasteiger partial charge in [0.15, 0.2) is 0 Å². The fourth-order valence-corrected chi connectivity index (χ4v) is 1.23. The first-order valence-electron chi connectivity index (χ1n) is 2.36. The minimum atomic E-state index is -0.903. The molecule has 0 aliphatic carbocycles. The molecule has 0 saturated carbocycles. The van der Waals surface area contributed by atoms with Crippen LogP contribution in [0, 0.1) is 0 Å². The highest BCUT2D eigenvalue weighted by atomic mass is 28.3. The van der Waals surface area contributed by atoms with Gasteiger partial charge in [-0.1, -0.05) is 6.08 Å².